The maximum absolute atomic E-state index is 13.4. The predicted molar refractivity (Wildman–Crippen MR) is 116 cm³/mol. The molecule has 3 rings (SSSR count). The van der Waals surface area contributed by atoms with E-state index in [2.05, 4.69) is 50.4 Å². The number of rotatable bonds is 6. The fourth-order valence-electron chi connectivity index (χ4n) is 4.24. The molecule has 1 atom stereocenters. The average molecular weight is 380 g/mol. The summed E-state index contributed by atoms with van der Waals surface area (Å²) in [6, 6.07) is 12.5. The van der Waals surface area contributed by atoms with E-state index in [0.717, 1.165) is 60.2 Å². The number of ether oxygens (including phenoxy) is 1. The second-order valence-corrected chi connectivity index (χ2v) is 8.39. The van der Waals surface area contributed by atoms with E-state index in [9.17, 15) is 4.79 Å². The largest absolute Gasteiger partial charge is 0.490 e. The molecule has 0 aromatic heterocycles. The molecular weight excluding hydrogens is 346 g/mol. The summed E-state index contributed by atoms with van der Waals surface area (Å²) in [6.07, 6.45) is 5.17. The van der Waals surface area contributed by atoms with Crippen molar-refractivity contribution in [3.63, 3.8) is 0 Å². The first-order chi connectivity index (χ1) is 13.4. The summed E-state index contributed by atoms with van der Waals surface area (Å²) in [5.74, 6) is 1.05. The van der Waals surface area contributed by atoms with E-state index in [0.29, 0.717) is 0 Å². The van der Waals surface area contributed by atoms with Gasteiger partial charge in [-0.05, 0) is 75.8 Å². The molecule has 0 radical (unpaired) electrons. The molecule has 1 amide bonds. The van der Waals surface area contributed by atoms with E-state index in [4.69, 9.17) is 4.74 Å². The first kappa shape index (κ1) is 20.4. The van der Waals surface area contributed by atoms with Crippen molar-refractivity contribution in [2.45, 2.75) is 78.2 Å². The van der Waals surface area contributed by atoms with E-state index >= 15 is 0 Å². The number of carbonyl (C=O) groups excluding carboxylic acids is 1. The van der Waals surface area contributed by atoms with Crippen molar-refractivity contribution in [1.29, 1.82) is 0 Å². The molecule has 2 aromatic carbocycles. The molecule has 1 aliphatic carbocycles. The number of anilines is 1. The highest BCUT2D eigenvalue weighted by molar-refractivity contribution is 5.99. The molecule has 28 heavy (non-hydrogen) atoms. The van der Waals surface area contributed by atoms with Crippen molar-refractivity contribution >= 4 is 11.6 Å². The van der Waals surface area contributed by atoms with Gasteiger partial charge in [0.05, 0.1) is 11.5 Å². The zero-order valence-corrected chi connectivity index (χ0v) is 17.9. The number of benzene rings is 2. The van der Waals surface area contributed by atoms with Crippen LogP contribution in [-0.2, 0) is 10.2 Å². The van der Waals surface area contributed by atoms with Crippen LogP contribution in [0.4, 0.5) is 5.69 Å². The standard InChI is InChI=1S/C25H33NO2/c1-6-20(5)28-23-18(3)15-22(16-19(23)4)26-24(27)25(13-7-8-14-25)21-11-9-17(2)10-12-21/h9-12,15-16,20H,6-8,13-14H2,1-5H3,(H,26,27)/t20-/m0/s1. The normalized spacial score (nSPS) is 16.6. The molecule has 0 unspecified atom stereocenters. The van der Waals surface area contributed by atoms with E-state index in [-0.39, 0.29) is 12.0 Å². The average Bonchev–Trinajstić information content (AvgIpc) is 3.16. The highest BCUT2D eigenvalue weighted by Crippen LogP contribution is 2.42. The maximum atomic E-state index is 13.4. The molecule has 1 N–H and O–H groups in total. The zero-order valence-electron chi connectivity index (χ0n) is 17.9. The third-order valence-electron chi connectivity index (χ3n) is 6.11. The molecule has 0 aliphatic heterocycles. The summed E-state index contributed by atoms with van der Waals surface area (Å²) in [7, 11) is 0. The molecule has 1 aliphatic rings. The van der Waals surface area contributed by atoms with Crippen molar-refractivity contribution in [3.8, 4) is 5.75 Å². The Morgan fingerprint density at radius 3 is 2.18 bits per heavy atom. The minimum Gasteiger partial charge on any atom is -0.490 e. The lowest BCUT2D eigenvalue weighted by Crippen LogP contribution is -2.38. The van der Waals surface area contributed by atoms with Crippen LogP contribution in [0.15, 0.2) is 36.4 Å². The van der Waals surface area contributed by atoms with Crippen LogP contribution in [0.25, 0.3) is 0 Å². The third-order valence-corrected chi connectivity index (χ3v) is 6.11. The van der Waals surface area contributed by atoms with Gasteiger partial charge in [0.1, 0.15) is 5.75 Å². The van der Waals surface area contributed by atoms with Gasteiger partial charge in [-0.2, -0.15) is 0 Å². The minimum atomic E-state index is -0.415. The maximum Gasteiger partial charge on any atom is 0.235 e. The fraction of sp³-hybridized carbons (Fsp3) is 0.480. The van der Waals surface area contributed by atoms with Crippen molar-refractivity contribution in [1.82, 2.24) is 0 Å². The van der Waals surface area contributed by atoms with Gasteiger partial charge in [-0.15, -0.1) is 0 Å². The second kappa shape index (κ2) is 8.38. The van der Waals surface area contributed by atoms with Crippen LogP contribution in [0.1, 0.15) is 68.2 Å². The van der Waals surface area contributed by atoms with Gasteiger partial charge in [0.15, 0.2) is 0 Å². The number of nitrogens with one attached hydrogen (secondary N) is 1. The molecule has 0 spiro atoms. The van der Waals surface area contributed by atoms with Crippen molar-refractivity contribution in [2.24, 2.45) is 0 Å². The molecule has 2 aromatic rings. The van der Waals surface area contributed by atoms with Crippen LogP contribution in [0.5, 0.6) is 5.75 Å². The summed E-state index contributed by atoms with van der Waals surface area (Å²) in [5, 5.41) is 3.22. The summed E-state index contributed by atoms with van der Waals surface area (Å²) in [6.45, 7) is 10.4. The van der Waals surface area contributed by atoms with Gasteiger partial charge in [0.25, 0.3) is 0 Å². The Morgan fingerprint density at radius 2 is 1.64 bits per heavy atom. The Labute approximate surface area is 169 Å². The van der Waals surface area contributed by atoms with E-state index in [1.807, 2.05) is 26.0 Å². The monoisotopic (exact) mass is 379 g/mol. The van der Waals surface area contributed by atoms with Gasteiger partial charge in [0, 0.05) is 5.69 Å². The molecule has 1 fully saturated rings. The Balaban J connectivity index is 1.85. The number of hydrogen-bond acceptors (Lipinski definition) is 2. The number of carbonyl (C=O) groups is 1. The van der Waals surface area contributed by atoms with Crippen LogP contribution < -0.4 is 10.1 Å². The Kier molecular flexibility index (Phi) is 6.12. The first-order valence-corrected chi connectivity index (χ1v) is 10.5. The van der Waals surface area contributed by atoms with Crippen molar-refractivity contribution in [3.05, 3.63) is 58.7 Å². The number of aryl methyl sites for hydroxylation is 3. The Morgan fingerprint density at radius 1 is 1.07 bits per heavy atom. The van der Waals surface area contributed by atoms with Gasteiger partial charge in [-0.1, -0.05) is 49.6 Å². The Bertz CT molecular complexity index is 809. The van der Waals surface area contributed by atoms with Gasteiger partial charge >= 0.3 is 0 Å². The van der Waals surface area contributed by atoms with Crippen LogP contribution in [0.2, 0.25) is 0 Å². The van der Waals surface area contributed by atoms with Gasteiger partial charge < -0.3 is 10.1 Å². The third kappa shape index (κ3) is 4.09. The molecule has 0 heterocycles. The Hall–Kier alpha value is -2.29. The molecule has 150 valence electrons. The highest BCUT2D eigenvalue weighted by atomic mass is 16.5. The lowest BCUT2D eigenvalue weighted by molar-refractivity contribution is -0.121. The van der Waals surface area contributed by atoms with E-state index in [1.54, 1.807) is 0 Å². The van der Waals surface area contributed by atoms with E-state index in [1.165, 1.54) is 5.56 Å². The SMILES string of the molecule is CC[C@H](C)Oc1c(C)cc(NC(=O)C2(c3ccc(C)cc3)CCCC2)cc1C. The van der Waals surface area contributed by atoms with Gasteiger partial charge in [-0.3, -0.25) is 4.79 Å². The topological polar surface area (TPSA) is 38.3 Å². The number of hydrogen-bond donors (Lipinski definition) is 1. The summed E-state index contributed by atoms with van der Waals surface area (Å²) < 4.78 is 6.07. The summed E-state index contributed by atoms with van der Waals surface area (Å²) >= 11 is 0. The molecule has 3 nitrogen and oxygen atoms in total. The van der Waals surface area contributed by atoms with Crippen LogP contribution in [-0.4, -0.2) is 12.0 Å². The quantitative estimate of drug-likeness (QED) is 0.645. The molecule has 0 saturated heterocycles. The smallest absolute Gasteiger partial charge is 0.235 e. The van der Waals surface area contributed by atoms with Crippen LogP contribution in [0.3, 0.4) is 0 Å². The van der Waals surface area contributed by atoms with Crippen molar-refractivity contribution < 1.29 is 9.53 Å². The molecule has 3 heteroatoms. The molecule has 0 bridgehead atoms. The second-order valence-electron chi connectivity index (χ2n) is 8.39. The lowest BCUT2D eigenvalue weighted by Gasteiger charge is -2.29. The number of amides is 1. The molecular formula is C25H33NO2. The lowest BCUT2D eigenvalue weighted by atomic mass is 9.77. The fourth-order valence-corrected chi connectivity index (χ4v) is 4.24. The highest BCUT2D eigenvalue weighted by Gasteiger charge is 2.42. The zero-order chi connectivity index (χ0) is 20.3. The van der Waals surface area contributed by atoms with E-state index < -0.39 is 5.41 Å². The van der Waals surface area contributed by atoms with Crippen LogP contribution >= 0.6 is 0 Å². The van der Waals surface area contributed by atoms with Gasteiger partial charge in [0.2, 0.25) is 5.91 Å². The first-order valence-electron chi connectivity index (χ1n) is 10.5. The van der Waals surface area contributed by atoms with Gasteiger partial charge in [-0.25, -0.2) is 0 Å². The summed E-state index contributed by atoms with van der Waals surface area (Å²) in [5.41, 5.74) is 4.92. The van der Waals surface area contributed by atoms with Crippen molar-refractivity contribution in [2.75, 3.05) is 5.32 Å². The molecule has 1 saturated carbocycles. The predicted octanol–water partition coefficient (Wildman–Crippen LogP) is 6.24. The minimum absolute atomic E-state index is 0.114. The van der Waals surface area contributed by atoms with Crippen LogP contribution in [0, 0.1) is 20.8 Å². The summed E-state index contributed by atoms with van der Waals surface area (Å²) in [4.78, 5) is 13.4.